The lowest BCUT2D eigenvalue weighted by atomic mass is 10.1. The van der Waals surface area contributed by atoms with Crippen LogP contribution in [-0.2, 0) is 9.53 Å². The zero-order chi connectivity index (χ0) is 10.4. The van der Waals surface area contributed by atoms with Crippen LogP contribution in [0.4, 0.5) is 0 Å². The lowest BCUT2D eigenvalue weighted by Gasteiger charge is -2.11. The fourth-order valence-electron chi connectivity index (χ4n) is 1.49. The molecule has 1 fully saturated rings. The standard InChI is InChI=1S/C10H20N2O2/c1-12(2)10(13)4-6-14-8-9-3-5-11-7-9/h9,11H,3-8H2,1-2H3. The van der Waals surface area contributed by atoms with E-state index in [1.165, 1.54) is 6.42 Å². The third kappa shape index (κ3) is 4.07. The number of carbonyl (C=O) groups is 1. The van der Waals surface area contributed by atoms with E-state index in [0.717, 1.165) is 19.7 Å². The number of nitrogens with zero attached hydrogens (tertiary/aromatic N) is 1. The van der Waals surface area contributed by atoms with Gasteiger partial charge in [-0.3, -0.25) is 4.79 Å². The lowest BCUT2D eigenvalue weighted by Crippen LogP contribution is -2.23. The van der Waals surface area contributed by atoms with Crippen molar-refractivity contribution in [1.82, 2.24) is 10.2 Å². The fourth-order valence-corrected chi connectivity index (χ4v) is 1.49. The number of carbonyl (C=O) groups excluding carboxylic acids is 1. The van der Waals surface area contributed by atoms with E-state index in [-0.39, 0.29) is 5.91 Å². The first-order valence-corrected chi connectivity index (χ1v) is 5.18. The normalized spacial score (nSPS) is 21.1. The van der Waals surface area contributed by atoms with Crippen molar-refractivity contribution in [3.05, 3.63) is 0 Å². The smallest absolute Gasteiger partial charge is 0.224 e. The molecule has 0 aliphatic carbocycles. The first-order chi connectivity index (χ1) is 6.70. The highest BCUT2D eigenvalue weighted by molar-refractivity contribution is 5.75. The molecule has 1 unspecified atom stereocenters. The van der Waals surface area contributed by atoms with Crippen molar-refractivity contribution in [2.75, 3.05) is 40.4 Å². The Morgan fingerprint density at radius 3 is 2.93 bits per heavy atom. The third-order valence-corrected chi connectivity index (χ3v) is 2.47. The maximum Gasteiger partial charge on any atom is 0.224 e. The van der Waals surface area contributed by atoms with Crippen LogP contribution in [0.2, 0.25) is 0 Å². The quantitative estimate of drug-likeness (QED) is 0.640. The molecule has 0 aromatic rings. The van der Waals surface area contributed by atoms with Gasteiger partial charge in [-0.25, -0.2) is 0 Å². The highest BCUT2D eigenvalue weighted by atomic mass is 16.5. The summed E-state index contributed by atoms with van der Waals surface area (Å²) < 4.78 is 5.45. The van der Waals surface area contributed by atoms with Gasteiger partial charge in [0, 0.05) is 20.6 Å². The molecule has 0 radical (unpaired) electrons. The largest absolute Gasteiger partial charge is 0.381 e. The Bertz CT molecular complexity index is 177. The van der Waals surface area contributed by atoms with E-state index < -0.39 is 0 Å². The van der Waals surface area contributed by atoms with Crippen molar-refractivity contribution < 1.29 is 9.53 Å². The molecule has 1 aliphatic rings. The van der Waals surface area contributed by atoms with Crippen molar-refractivity contribution in [1.29, 1.82) is 0 Å². The zero-order valence-electron chi connectivity index (χ0n) is 9.08. The molecule has 1 amide bonds. The molecular formula is C10H20N2O2. The second-order valence-corrected chi connectivity index (χ2v) is 3.97. The number of nitrogens with one attached hydrogen (secondary N) is 1. The Morgan fingerprint density at radius 1 is 1.57 bits per heavy atom. The molecule has 1 rings (SSSR count). The molecule has 0 spiro atoms. The van der Waals surface area contributed by atoms with Gasteiger partial charge < -0.3 is 15.0 Å². The molecule has 1 aliphatic heterocycles. The van der Waals surface area contributed by atoms with Gasteiger partial charge in [-0.15, -0.1) is 0 Å². The van der Waals surface area contributed by atoms with Crippen LogP contribution in [0.3, 0.4) is 0 Å². The summed E-state index contributed by atoms with van der Waals surface area (Å²) in [5.74, 6) is 0.777. The average Bonchev–Trinajstić information content (AvgIpc) is 2.64. The van der Waals surface area contributed by atoms with Crippen molar-refractivity contribution >= 4 is 5.91 Å². The number of rotatable bonds is 5. The van der Waals surface area contributed by atoms with E-state index in [2.05, 4.69) is 5.32 Å². The van der Waals surface area contributed by atoms with Crippen molar-refractivity contribution in [3.63, 3.8) is 0 Å². The average molecular weight is 200 g/mol. The highest BCUT2D eigenvalue weighted by Crippen LogP contribution is 2.07. The molecule has 14 heavy (non-hydrogen) atoms. The van der Waals surface area contributed by atoms with Crippen molar-refractivity contribution in [2.24, 2.45) is 5.92 Å². The van der Waals surface area contributed by atoms with Crippen LogP contribution in [0.1, 0.15) is 12.8 Å². The molecular weight excluding hydrogens is 180 g/mol. The van der Waals surface area contributed by atoms with Crippen LogP contribution in [0.15, 0.2) is 0 Å². The van der Waals surface area contributed by atoms with Crippen LogP contribution in [-0.4, -0.2) is 51.2 Å². The van der Waals surface area contributed by atoms with Gasteiger partial charge in [0.2, 0.25) is 5.91 Å². The minimum absolute atomic E-state index is 0.134. The van der Waals surface area contributed by atoms with Gasteiger partial charge in [-0.2, -0.15) is 0 Å². The van der Waals surface area contributed by atoms with Crippen LogP contribution < -0.4 is 5.32 Å². The summed E-state index contributed by atoms with van der Waals surface area (Å²) in [6.07, 6.45) is 1.69. The van der Waals surface area contributed by atoms with E-state index in [0.29, 0.717) is 18.9 Å². The van der Waals surface area contributed by atoms with Crippen LogP contribution >= 0.6 is 0 Å². The Labute approximate surface area is 85.6 Å². The number of hydrogen-bond donors (Lipinski definition) is 1. The SMILES string of the molecule is CN(C)C(=O)CCOCC1CCNC1. The molecule has 4 nitrogen and oxygen atoms in total. The van der Waals surface area contributed by atoms with Gasteiger partial charge in [-0.05, 0) is 18.9 Å². The Balaban J connectivity index is 1.96. The highest BCUT2D eigenvalue weighted by Gasteiger charge is 2.14. The third-order valence-electron chi connectivity index (χ3n) is 2.47. The molecule has 1 saturated heterocycles. The summed E-state index contributed by atoms with van der Waals surface area (Å²) in [5.41, 5.74) is 0. The van der Waals surface area contributed by atoms with E-state index in [1.54, 1.807) is 19.0 Å². The summed E-state index contributed by atoms with van der Waals surface area (Å²) >= 11 is 0. The Morgan fingerprint density at radius 2 is 2.36 bits per heavy atom. The predicted molar refractivity (Wildman–Crippen MR) is 55.1 cm³/mol. The second kappa shape index (κ2) is 5.98. The first kappa shape index (κ1) is 11.5. The maximum absolute atomic E-state index is 11.2. The van der Waals surface area contributed by atoms with Crippen LogP contribution in [0.25, 0.3) is 0 Å². The van der Waals surface area contributed by atoms with Gasteiger partial charge in [0.25, 0.3) is 0 Å². The topological polar surface area (TPSA) is 41.6 Å². The fraction of sp³-hybridized carbons (Fsp3) is 0.900. The lowest BCUT2D eigenvalue weighted by molar-refractivity contribution is -0.129. The van der Waals surface area contributed by atoms with Gasteiger partial charge >= 0.3 is 0 Å². The van der Waals surface area contributed by atoms with E-state index in [4.69, 9.17) is 4.74 Å². The minimum Gasteiger partial charge on any atom is -0.381 e. The molecule has 1 N–H and O–H groups in total. The van der Waals surface area contributed by atoms with Gasteiger partial charge in [0.1, 0.15) is 0 Å². The van der Waals surface area contributed by atoms with E-state index in [9.17, 15) is 4.79 Å². The zero-order valence-corrected chi connectivity index (χ0v) is 9.08. The molecule has 1 atom stereocenters. The molecule has 1 heterocycles. The molecule has 4 heteroatoms. The van der Waals surface area contributed by atoms with Crippen LogP contribution in [0, 0.1) is 5.92 Å². The molecule has 0 aromatic heterocycles. The molecule has 0 aromatic carbocycles. The summed E-state index contributed by atoms with van der Waals surface area (Å²) in [6, 6.07) is 0. The number of amides is 1. The minimum atomic E-state index is 0.134. The van der Waals surface area contributed by atoms with Gasteiger partial charge in [-0.1, -0.05) is 0 Å². The number of hydrogen-bond acceptors (Lipinski definition) is 3. The number of ether oxygens (including phenoxy) is 1. The molecule has 82 valence electrons. The van der Waals surface area contributed by atoms with Gasteiger partial charge in [0.15, 0.2) is 0 Å². The second-order valence-electron chi connectivity index (χ2n) is 3.97. The van der Waals surface area contributed by atoms with Crippen molar-refractivity contribution in [3.8, 4) is 0 Å². The Kier molecular flexibility index (Phi) is 4.90. The van der Waals surface area contributed by atoms with Crippen LogP contribution in [0.5, 0.6) is 0 Å². The monoisotopic (exact) mass is 200 g/mol. The van der Waals surface area contributed by atoms with E-state index in [1.807, 2.05) is 0 Å². The summed E-state index contributed by atoms with van der Waals surface area (Å²) in [5, 5.41) is 3.29. The summed E-state index contributed by atoms with van der Waals surface area (Å²) in [7, 11) is 3.53. The first-order valence-electron chi connectivity index (χ1n) is 5.18. The predicted octanol–water partition coefficient (Wildman–Crippen LogP) is 0.0908. The Hall–Kier alpha value is -0.610. The van der Waals surface area contributed by atoms with Gasteiger partial charge in [0.05, 0.1) is 19.6 Å². The van der Waals surface area contributed by atoms with E-state index >= 15 is 0 Å². The molecule has 0 bridgehead atoms. The summed E-state index contributed by atoms with van der Waals surface area (Å²) in [6.45, 7) is 3.49. The summed E-state index contributed by atoms with van der Waals surface area (Å²) in [4.78, 5) is 12.8. The molecule has 0 saturated carbocycles. The van der Waals surface area contributed by atoms with Crippen molar-refractivity contribution in [2.45, 2.75) is 12.8 Å². The maximum atomic E-state index is 11.2.